The van der Waals surface area contributed by atoms with E-state index in [-0.39, 0.29) is 12.1 Å². The summed E-state index contributed by atoms with van der Waals surface area (Å²) < 4.78 is 15.9. The SMILES string of the molecule is CCOc1ccc(/C=C2/C(=O)NC(=O)N(Cc3ccco3)C2=O)cc1OC. The first kappa shape index (κ1) is 18.2. The van der Waals surface area contributed by atoms with Gasteiger partial charge in [0.15, 0.2) is 11.5 Å². The Balaban J connectivity index is 1.90. The number of urea groups is 1. The zero-order chi connectivity index (χ0) is 19.4. The largest absolute Gasteiger partial charge is 0.493 e. The highest BCUT2D eigenvalue weighted by Crippen LogP contribution is 2.29. The number of hydrogen-bond acceptors (Lipinski definition) is 6. The molecule has 1 aromatic carbocycles. The van der Waals surface area contributed by atoms with E-state index in [0.717, 1.165) is 4.90 Å². The van der Waals surface area contributed by atoms with Crippen LogP contribution in [0.2, 0.25) is 0 Å². The number of carbonyl (C=O) groups excluding carboxylic acids is 3. The van der Waals surface area contributed by atoms with Crippen LogP contribution < -0.4 is 14.8 Å². The fraction of sp³-hybridized carbons (Fsp3) is 0.211. The lowest BCUT2D eigenvalue weighted by atomic mass is 10.1. The van der Waals surface area contributed by atoms with Crippen LogP contribution >= 0.6 is 0 Å². The van der Waals surface area contributed by atoms with E-state index in [4.69, 9.17) is 13.9 Å². The van der Waals surface area contributed by atoms with Crippen molar-refractivity contribution in [2.24, 2.45) is 0 Å². The average Bonchev–Trinajstić information content (AvgIpc) is 3.16. The highest BCUT2D eigenvalue weighted by molar-refractivity contribution is 6.30. The molecule has 140 valence electrons. The number of rotatable bonds is 6. The second kappa shape index (κ2) is 7.77. The van der Waals surface area contributed by atoms with Crippen LogP contribution in [-0.4, -0.2) is 36.5 Å². The zero-order valence-corrected chi connectivity index (χ0v) is 14.9. The average molecular weight is 370 g/mol. The van der Waals surface area contributed by atoms with Gasteiger partial charge >= 0.3 is 6.03 Å². The van der Waals surface area contributed by atoms with Crippen molar-refractivity contribution in [2.45, 2.75) is 13.5 Å². The smallest absolute Gasteiger partial charge is 0.331 e. The first-order chi connectivity index (χ1) is 13.0. The van der Waals surface area contributed by atoms with Crippen molar-refractivity contribution < 1.29 is 28.3 Å². The number of nitrogens with zero attached hydrogens (tertiary/aromatic N) is 1. The van der Waals surface area contributed by atoms with Crippen molar-refractivity contribution in [2.75, 3.05) is 13.7 Å². The number of amides is 4. The highest BCUT2D eigenvalue weighted by atomic mass is 16.5. The fourth-order valence-corrected chi connectivity index (χ4v) is 2.61. The molecule has 0 atom stereocenters. The van der Waals surface area contributed by atoms with Gasteiger partial charge in [-0.15, -0.1) is 0 Å². The molecule has 1 N–H and O–H groups in total. The van der Waals surface area contributed by atoms with Gasteiger partial charge in [-0.1, -0.05) is 6.07 Å². The van der Waals surface area contributed by atoms with Crippen molar-refractivity contribution in [1.29, 1.82) is 0 Å². The van der Waals surface area contributed by atoms with Crippen LogP contribution in [0, 0.1) is 0 Å². The van der Waals surface area contributed by atoms with Gasteiger partial charge in [0, 0.05) is 0 Å². The molecule has 4 amide bonds. The van der Waals surface area contributed by atoms with Crippen LogP contribution in [0.5, 0.6) is 11.5 Å². The molecule has 0 saturated carbocycles. The number of benzene rings is 1. The molecule has 1 aliphatic heterocycles. The van der Waals surface area contributed by atoms with Gasteiger partial charge in [-0.3, -0.25) is 19.8 Å². The Bertz CT molecular complexity index is 901. The quantitative estimate of drug-likeness (QED) is 0.619. The topological polar surface area (TPSA) is 98.1 Å². The van der Waals surface area contributed by atoms with Gasteiger partial charge < -0.3 is 13.9 Å². The van der Waals surface area contributed by atoms with Gasteiger partial charge in [0.25, 0.3) is 11.8 Å². The maximum atomic E-state index is 12.7. The summed E-state index contributed by atoms with van der Waals surface area (Å²) in [5, 5.41) is 2.16. The molecule has 2 aromatic rings. The number of methoxy groups -OCH3 is 1. The number of ether oxygens (including phenoxy) is 2. The number of furan rings is 1. The maximum absolute atomic E-state index is 12.7. The monoisotopic (exact) mass is 370 g/mol. The van der Waals surface area contributed by atoms with Gasteiger partial charge in [0.2, 0.25) is 0 Å². The molecule has 8 heteroatoms. The van der Waals surface area contributed by atoms with Gasteiger partial charge in [-0.05, 0) is 42.8 Å². The second-order valence-electron chi connectivity index (χ2n) is 5.63. The number of imide groups is 2. The molecule has 0 aliphatic carbocycles. The van der Waals surface area contributed by atoms with Gasteiger partial charge in [-0.2, -0.15) is 0 Å². The first-order valence-corrected chi connectivity index (χ1v) is 8.25. The number of nitrogens with one attached hydrogen (secondary N) is 1. The molecular formula is C19H18N2O6. The van der Waals surface area contributed by atoms with E-state index in [9.17, 15) is 14.4 Å². The predicted octanol–water partition coefficient (Wildman–Crippen LogP) is 2.35. The van der Waals surface area contributed by atoms with Crippen molar-refractivity contribution >= 4 is 23.9 Å². The van der Waals surface area contributed by atoms with Crippen molar-refractivity contribution in [3.05, 3.63) is 53.5 Å². The molecule has 1 saturated heterocycles. The van der Waals surface area contributed by atoms with E-state index in [1.54, 1.807) is 30.3 Å². The van der Waals surface area contributed by atoms with Crippen LogP contribution in [-0.2, 0) is 16.1 Å². The van der Waals surface area contributed by atoms with Gasteiger partial charge in [0.1, 0.15) is 11.3 Å². The molecule has 1 aliphatic rings. The van der Waals surface area contributed by atoms with Crippen LogP contribution in [0.15, 0.2) is 46.6 Å². The Morgan fingerprint density at radius 1 is 1.19 bits per heavy atom. The summed E-state index contributed by atoms with van der Waals surface area (Å²) in [6.45, 7) is 2.25. The summed E-state index contributed by atoms with van der Waals surface area (Å²) in [4.78, 5) is 37.8. The maximum Gasteiger partial charge on any atom is 0.331 e. The number of carbonyl (C=O) groups is 3. The van der Waals surface area contributed by atoms with E-state index in [1.165, 1.54) is 19.4 Å². The Morgan fingerprint density at radius 2 is 2.00 bits per heavy atom. The third-order valence-corrected chi connectivity index (χ3v) is 3.88. The Hall–Kier alpha value is -3.55. The minimum Gasteiger partial charge on any atom is -0.493 e. The van der Waals surface area contributed by atoms with E-state index in [0.29, 0.717) is 29.4 Å². The van der Waals surface area contributed by atoms with Crippen LogP contribution in [0.3, 0.4) is 0 Å². The third-order valence-electron chi connectivity index (χ3n) is 3.88. The minimum atomic E-state index is -0.789. The molecule has 0 bridgehead atoms. The summed E-state index contributed by atoms with van der Waals surface area (Å²) >= 11 is 0. The molecule has 0 spiro atoms. The molecule has 1 fully saturated rings. The van der Waals surface area contributed by atoms with Crippen LogP contribution in [0.1, 0.15) is 18.2 Å². The molecule has 8 nitrogen and oxygen atoms in total. The molecular weight excluding hydrogens is 352 g/mol. The summed E-state index contributed by atoms with van der Waals surface area (Å²) in [6.07, 6.45) is 2.84. The lowest BCUT2D eigenvalue weighted by molar-refractivity contribution is -0.130. The van der Waals surface area contributed by atoms with Crippen LogP contribution in [0.4, 0.5) is 4.79 Å². The Kier molecular flexibility index (Phi) is 5.25. The van der Waals surface area contributed by atoms with Gasteiger partial charge in [-0.25, -0.2) is 4.79 Å². The third kappa shape index (κ3) is 3.84. The van der Waals surface area contributed by atoms with E-state index < -0.39 is 17.8 Å². The predicted molar refractivity (Wildman–Crippen MR) is 94.9 cm³/mol. The Morgan fingerprint density at radius 3 is 2.67 bits per heavy atom. The molecule has 3 rings (SSSR count). The number of barbiturate groups is 1. The Labute approximate surface area is 155 Å². The van der Waals surface area contributed by atoms with Crippen molar-refractivity contribution in [3.63, 3.8) is 0 Å². The van der Waals surface area contributed by atoms with Gasteiger partial charge in [0.05, 0.1) is 26.5 Å². The summed E-state index contributed by atoms with van der Waals surface area (Å²) in [5.41, 5.74) is 0.397. The summed E-state index contributed by atoms with van der Waals surface area (Å²) in [5.74, 6) is -0.00827. The summed E-state index contributed by atoms with van der Waals surface area (Å²) in [6, 6.07) is 7.52. The first-order valence-electron chi connectivity index (χ1n) is 8.25. The minimum absolute atomic E-state index is 0.0745. The van der Waals surface area contributed by atoms with Crippen molar-refractivity contribution in [1.82, 2.24) is 10.2 Å². The highest BCUT2D eigenvalue weighted by Gasteiger charge is 2.36. The second-order valence-corrected chi connectivity index (χ2v) is 5.63. The normalized spacial score (nSPS) is 15.9. The fourth-order valence-electron chi connectivity index (χ4n) is 2.61. The molecule has 0 unspecified atom stereocenters. The lowest BCUT2D eigenvalue weighted by Crippen LogP contribution is -2.53. The van der Waals surface area contributed by atoms with E-state index >= 15 is 0 Å². The van der Waals surface area contributed by atoms with E-state index in [2.05, 4.69) is 5.32 Å². The number of hydrogen-bond donors (Lipinski definition) is 1. The zero-order valence-electron chi connectivity index (χ0n) is 14.9. The molecule has 1 aromatic heterocycles. The van der Waals surface area contributed by atoms with Crippen molar-refractivity contribution in [3.8, 4) is 11.5 Å². The van der Waals surface area contributed by atoms with E-state index in [1.807, 2.05) is 6.92 Å². The summed E-state index contributed by atoms with van der Waals surface area (Å²) in [7, 11) is 1.50. The lowest BCUT2D eigenvalue weighted by Gasteiger charge is -2.25. The molecule has 2 heterocycles. The molecule has 0 radical (unpaired) electrons. The molecule has 27 heavy (non-hydrogen) atoms. The van der Waals surface area contributed by atoms with Crippen LogP contribution in [0.25, 0.3) is 6.08 Å². The standard InChI is InChI=1S/C19H18N2O6/c1-3-26-15-7-6-12(10-16(15)25-2)9-14-17(22)20-19(24)21(18(14)23)11-13-5-4-8-27-13/h4-10H,3,11H2,1-2H3,(H,20,22,24)/b14-9-.